The summed E-state index contributed by atoms with van der Waals surface area (Å²) in [6, 6.07) is 3.37. The average Bonchev–Trinajstić information content (AvgIpc) is 2.63. The van der Waals surface area contributed by atoms with Gasteiger partial charge in [-0.2, -0.15) is 0 Å². The number of rotatable bonds is 3. The van der Waals surface area contributed by atoms with E-state index in [1.165, 1.54) is 12.1 Å². The first-order valence-electron chi connectivity index (χ1n) is 5.83. The standard InChI is InChI=1S/C13H13BrF4/c14-11(9-3-4-13(17,18)7-9)5-8-1-2-10(15)6-12(8)16/h1-2,6,9,11H,3-5,7H2. The second-order valence-electron chi connectivity index (χ2n) is 4.81. The molecule has 2 unspecified atom stereocenters. The molecule has 0 amide bonds. The fourth-order valence-corrected chi connectivity index (χ4v) is 3.16. The van der Waals surface area contributed by atoms with E-state index in [4.69, 9.17) is 0 Å². The van der Waals surface area contributed by atoms with Crippen LogP contribution in [0.4, 0.5) is 17.6 Å². The van der Waals surface area contributed by atoms with E-state index in [0.29, 0.717) is 18.4 Å². The summed E-state index contributed by atoms with van der Waals surface area (Å²) in [7, 11) is 0. The smallest absolute Gasteiger partial charge is 0.207 e. The minimum Gasteiger partial charge on any atom is -0.207 e. The molecule has 0 nitrogen and oxygen atoms in total. The van der Waals surface area contributed by atoms with Crippen molar-refractivity contribution < 1.29 is 17.6 Å². The Bertz CT molecular complexity index is 433. The summed E-state index contributed by atoms with van der Waals surface area (Å²) in [5.41, 5.74) is 0.355. The van der Waals surface area contributed by atoms with Crippen molar-refractivity contribution in [1.82, 2.24) is 0 Å². The van der Waals surface area contributed by atoms with Gasteiger partial charge in [0.2, 0.25) is 5.92 Å². The predicted molar refractivity (Wildman–Crippen MR) is 65.1 cm³/mol. The molecule has 0 aromatic heterocycles. The number of alkyl halides is 3. The lowest BCUT2D eigenvalue weighted by Crippen LogP contribution is -2.18. The summed E-state index contributed by atoms with van der Waals surface area (Å²) in [6.45, 7) is 0. The van der Waals surface area contributed by atoms with Gasteiger partial charge in [-0.3, -0.25) is 0 Å². The van der Waals surface area contributed by atoms with E-state index in [0.717, 1.165) is 6.07 Å². The maximum atomic E-state index is 13.4. The van der Waals surface area contributed by atoms with Crippen molar-refractivity contribution in [1.29, 1.82) is 0 Å². The third-order valence-corrected chi connectivity index (χ3v) is 4.45. The molecule has 2 rings (SSSR count). The van der Waals surface area contributed by atoms with Gasteiger partial charge >= 0.3 is 0 Å². The van der Waals surface area contributed by atoms with E-state index < -0.39 is 17.6 Å². The van der Waals surface area contributed by atoms with Gasteiger partial charge in [-0.15, -0.1) is 0 Å². The van der Waals surface area contributed by atoms with Gasteiger partial charge in [-0.05, 0) is 30.4 Å². The van der Waals surface area contributed by atoms with Crippen molar-refractivity contribution in [3.63, 3.8) is 0 Å². The minimum absolute atomic E-state index is 0.105. The maximum absolute atomic E-state index is 13.4. The zero-order valence-corrected chi connectivity index (χ0v) is 11.2. The molecule has 0 bridgehead atoms. The molecule has 100 valence electrons. The summed E-state index contributed by atoms with van der Waals surface area (Å²) in [4.78, 5) is -0.203. The molecule has 1 aliphatic carbocycles. The van der Waals surface area contributed by atoms with Gasteiger partial charge in [0.05, 0.1) is 0 Å². The van der Waals surface area contributed by atoms with Gasteiger partial charge in [-0.1, -0.05) is 22.0 Å². The first-order valence-corrected chi connectivity index (χ1v) is 6.75. The van der Waals surface area contributed by atoms with Gasteiger partial charge in [0.25, 0.3) is 0 Å². The Morgan fingerprint density at radius 1 is 1.33 bits per heavy atom. The Kier molecular flexibility index (Phi) is 3.99. The largest absolute Gasteiger partial charge is 0.248 e. The molecule has 1 aromatic rings. The summed E-state index contributed by atoms with van der Waals surface area (Å²) in [6.07, 6.45) is 0.468. The topological polar surface area (TPSA) is 0 Å². The average molecular weight is 325 g/mol. The summed E-state index contributed by atoms with van der Waals surface area (Å²) in [5.74, 6) is -4.01. The Labute approximate surface area is 112 Å². The van der Waals surface area contributed by atoms with Gasteiger partial charge < -0.3 is 0 Å². The number of hydrogen-bond acceptors (Lipinski definition) is 0. The zero-order valence-electron chi connectivity index (χ0n) is 9.61. The Balaban J connectivity index is 2.01. The highest BCUT2D eigenvalue weighted by Crippen LogP contribution is 2.42. The summed E-state index contributed by atoms with van der Waals surface area (Å²) >= 11 is 3.35. The molecule has 1 aliphatic rings. The first kappa shape index (κ1) is 13.8. The van der Waals surface area contributed by atoms with Gasteiger partial charge in [0, 0.05) is 23.7 Å². The molecular weight excluding hydrogens is 312 g/mol. The Morgan fingerprint density at radius 2 is 2.06 bits per heavy atom. The van der Waals surface area contributed by atoms with Crippen LogP contribution in [-0.2, 0) is 6.42 Å². The predicted octanol–water partition coefficient (Wildman–Crippen LogP) is 4.71. The van der Waals surface area contributed by atoms with Crippen LogP contribution in [0.3, 0.4) is 0 Å². The Morgan fingerprint density at radius 3 is 2.61 bits per heavy atom. The van der Waals surface area contributed by atoms with E-state index in [1.54, 1.807) is 0 Å². The lowest BCUT2D eigenvalue weighted by atomic mass is 9.97. The summed E-state index contributed by atoms with van der Waals surface area (Å²) in [5, 5.41) is 0. The third-order valence-electron chi connectivity index (χ3n) is 3.38. The highest BCUT2D eigenvalue weighted by Gasteiger charge is 2.41. The van der Waals surface area contributed by atoms with Crippen molar-refractivity contribution in [2.75, 3.05) is 0 Å². The molecule has 5 heteroatoms. The van der Waals surface area contributed by atoms with Crippen molar-refractivity contribution in [2.45, 2.75) is 36.4 Å². The van der Waals surface area contributed by atoms with Crippen LogP contribution in [0.25, 0.3) is 0 Å². The second kappa shape index (κ2) is 5.19. The molecule has 0 saturated heterocycles. The first-order chi connectivity index (χ1) is 8.37. The molecule has 2 atom stereocenters. The second-order valence-corrected chi connectivity index (χ2v) is 5.99. The maximum Gasteiger partial charge on any atom is 0.248 e. The van der Waals surface area contributed by atoms with Crippen LogP contribution in [0.5, 0.6) is 0 Å². The van der Waals surface area contributed by atoms with Crippen LogP contribution in [0.1, 0.15) is 24.8 Å². The van der Waals surface area contributed by atoms with E-state index in [1.807, 2.05) is 0 Å². The number of benzene rings is 1. The molecule has 0 radical (unpaired) electrons. The molecule has 0 spiro atoms. The van der Waals surface area contributed by atoms with Crippen molar-refractivity contribution >= 4 is 15.9 Å². The fourth-order valence-electron chi connectivity index (χ4n) is 2.36. The van der Waals surface area contributed by atoms with Gasteiger partial charge in [0.15, 0.2) is 0 Å². The number of halogens is 5. The molecular formula is C13H13BrF4. The zero-order chi connectivity index (χ0) is 13.3. The SMILES string of the molecule is Fc1ccc(CC(Br)C2CCC(F)(F)C2)c(F)c1. The summed E-state index contributed by atoms with van der Waals surface area (Å²) < 4.78 is 52.3. The van der Waals surface area contributed by atoms with Gasteiger partial charge in [-0.25, -0.2) is 17.6 Å². The van der Waals surface area contributed by atoms with Crippen LogP contribution < -0.4 is 0 Å². The number of hydrogen-bond donors (Lipinski definition) is 0. The van der Waals surface area contributed by atoms with Crippen LogP contribution >= 0.6 is 15.9 Å². The van der Waals surface area contributed by atoms with Crippen LogP contribution in [0, 0.1) is 17.6 Å². The fraction of sp³-hybridized carbons (Fsp3) is 0.538. The van der Waals surface area contributed by atoms with E-state index >= 15 is 0 Å². The molecule has 0 heterocycles. The van der Waals surface area contributed by atoms with E-state index in [-0.39, 0.29) is 23.6 Å². The lowest BCUT2D eigenvalue weighted by Gasteiger charge is -2.18. The molecule has 1 fully saturated rings. The molecule has 1 saturated carbocycles. The normalized spacial score (nSPS) is 24.2. The lowest BCUT2D eigenvalue weighted by molar-refractivity contribution is 0.00504. The minimum atomic E-state index is -2.60. The van der Waals surface area contributed by atoms with Crippen LogP contribution in [0.2, 0.25) is 0 Å². The van der Waals surface area contributed by atoms with E-state index in [9.17, 15) is 17.6 Å². The molecule has 0 aliphatic heterocycles. The van der Waals surface area contributed by atoms with Gasteiger partial charge in [0.1, 0.15) is 11.6 Å². The highest BCUT2D eigenvalue weighted by atomic mass is 79.9. The quantitative estimate of drug-likeness (QED) is 0.558. The highest BCUT2D eigenvalue weighted by molar-refractivity contribution is 9.09. The molecule has 0 N–H and O–H groups in total. The van der Waals surface area contributed by atoms with Crippen LogP contribution in [-0.4, -0.2) is 10.7 Å². The molecule has 18 heavy (non-hydrogen) atoms. The van der Waals surface area contributed by atoms with Crippen LogP contribution in [0.15, 0.2) is 18.2 Å². The Hall–Kier alpha value is -0.580. The van der Waals surface area contributed by atoms with Crippen molar-refractivity contribution in [2.24, 2.45) is 5.92 Å². The van der Waals surface area contributed by atoms with E-state index in [2.05, 4.69) is 15.9 Å². The van der Waals surface area contributed by atoms with Crippen molar-refractivity contribution in [3.8, 4) is 0 Å². The third kappa shape index (κ3) is 3.25. The monoisotopic (exact) mass is 324 g/mol. The molecule has 1 aromatic carbocycles. The van der Waals surface area contributed by atoms with Crippen molar-refractivity contribution in [3.05, 3.63) is 35.4 Å².